The first-order chi connectivity index (χ1) is 11.5. The standard InChI is InChI=1S/C16H13ClN4O3/c1-10-8-18-16(23)21(15(10)22)9-14-19-13(20-24-14)7-4-11-2-5-12(17)6-3-11/h2-8H,9H2,1H3,(H,18,23)/b7-4+. The molecule has 0 spiro atoms. The fraction of sp³-hybridized carbons (Fsp3) is 0.125. The predicted octanol–water partition coefficient (Wildman–Crippen LogP) is 2.10. The molecular formula is C16H13ClN4O3. The van der Waals surface area contributed by atoms with Crippen molar-refractivity contribution in [1.29, 1.82) is 0 Å². The van der Waals surface area contributed by atoms with Gasteiger partial charge < -0.3 is 9.51 Å². The van der Waals surface area contributed by atoms with Crippen molar-refractivity contribution in [1.82, 2.24) is 19.7 Å². The Morgan fingerprint density at radius 3 is 2.75 bits per heavy atom. The van der Waals surface area contributed by atoms with Crippen molar-refractivity contribution in [3.05, 3.63) is 79.2 Å². The fourth-order valence-electron chi connectivity index (χ4n) is 2.04. The lowest BCUT2D eigenvalue weighted by molar-refractivity contribution is 0.365. The van der Waals surface area contributed by atoms with E-state index in [1.807, 2.05) is 12.1 Å². The van der Waals surface area contributed by atoms with E-state index in [0.717, 1.165) is 10.1 Å². The summed E-state index contributed by atoms with van der Waals surface area (Å²) in [4.78, 5) is 30.3. The number of aromatic amines is 1. The first kappa shape index (κ1) is 15.9. The minimum atomic E-state index is -0.526. The normalized spacial score (nSPS) is 11.2. The van der Waals surface area contributed by atoms with E-state index in [9.17, 15) is 9.59 Å². The molecule has 1 N–H and O–H groups in total. The van der Waals surface area contributed by atoms with Crippen molar-refractivity contribution in [2.24, 2.45) is 0 Å². The molecule has 0 radical (unpaired) electrons. The van der Waals surface area contributed by atoms with Gasteiger partial charge in [-0.2, -0.15) is 4.98 Å². The highest BCUT2D eigenvalue weighted by Crippen LogP contribution is 2.12. The zero-order valence-corrected chi connectivity index (χ0v) is 13.4. The lowest BCUT2D eigenvalue weighted by Gasteiger charge is -2.00. The van der Waals surface area contributed by atoms with Gasteiger partial charge in [-0.1, -0.05) is 35.0 Å². The van der Waals surface area contributed by atoms with Crippen LogP contribution >= 0.6 is 11.6 Å². The van der Waals surface area contributed by atoms with E-state index in [1.54, 1.807) is 31.2 Å². The summed E-state index contributed by atoms with van der Waals surface area (Å²) < 4.78 is 6.09. The molecule has 0 aliphatic carbocycles. The van der Waals surface area contributed by atoms with Gasteiger partial charge in [0.1, 0.15) is 6.54 Å². The van der Waals surface area contributed by atoms with Crippen molar-refractivity contribution in [2.75, 3.05) is 0 Å². The summed E-state index contributed by atoms with van der Waals surface area (Å²) in [7, 11) is 0. The molecule has 0 fully saturated rings. The van der Waals surface area contributed by atoms with E-state index in [2.05, 4.69) is 15.1 Å². The summed E-state index contributed by atoms with van der Waals surface area (Å²) in [5.74, 6) is 0.515. The van der Waals surface area contributed by atoms with Crippen LogP contribution in [0.3, 0.4) is 0 Å². The fourth-order valence-corrected chi connectivity index (χ4v) is 2.16. The van der Waals surface area contributed by atoms with Gasteiger partial charge in [0.2, 0.25) is 5.89 Å². The number of benzene rings is 1. The molecule has 0 amide bonds. The predicted molar refractivity (Wildman–Crippen MR) is 89.8 cm³/mol. The molecule has 0 atom stereocenters. The molecule has 2 heterocycles. The molecule has 24 heavy (non-hydrogen) atoms. The third kappa shape index (κ3) is 3.52. The maximum atomic E-state index is 12.0. The molecule has 0 saturated carbocycles. The summed E-state index contributed by atoms with van der Waals surface area (Å²) in [5, 5.41) is 4.46. The minimum absolute atomic E-state index is 0.0857. The van der Waals surface area contributed by atoms with Crippen LogP contribution in [0.4, 0.5) is 0 Å². The van der Waals surface area contributed by atoms with Crippen LogP contribution in [0.2, 0.25) is 5.02 Å². The average molecular weight is 345 g/mol. The molecule has 1 aromatic carbocycles. The Hall–Kier alpha value is -2.93. The Morgan fingerprint density at radius 1 is 1.25 bits per heavy atom. The van der Waals surface area contributed by atoms with Gasteiger partial charge >= 0.3 is 5.69 Å². The topological polar surface area (TPSA) is 93.8 Å². The van der Waals surface area contributed by atoms with Gasteiger partial charge in [-0.05, 0) is 30.7 Å². The van der Waals surface area contributed by atoms with Gasteiger partial charge in [-0.25, -0.2) is 4.79 Å². The van der Waals surface area contributed by atoms with Gasteiger partial charge in [0.15, 0.2) is 5.82 Å². The van der Waals surface area contributed by atoms with E-state index in [0.29, 0.717) is 16.4 Å². The van der Waals surface area contributed by atoms with Crippen molar-refractivity contribution in [3.8, 4) is 0 Å². The maximum Gasteiger partial charge on any atom is 0.328 e. The molecule has 0 bridgehead atoms. The molecule has 7 nitrogen and oxygen atoms in total. The van der Waals surface area contributed by atoms with Crippen molar-refractivity contribution in [3.63, 3.8) is 0 Å². The van der Waals surface area contributed by atoms with Crippen LogP contribution in [0.1, 0.15) is 22.8 Å². The van der Waals surface area contributed by atoms with Gasteiger partial charge in [0, 0.05) is 16.8 Å². The van der Waals surface area contributed by atoms with Gasteiger partial charge in [-0.15, -0.1) is 0 Å². The highest BCUT2D eigenvalue weighted by Gasteiger charge is 2.10. The number of nitrogens with one attached hydrogen (secondary N) is 1. The Morgan fingerprint density at radius 2 is 2.00 bits per heavy atom. The van der Waals surface area contributed by atoms with Crippen LogP contribution in [0, 0.1) is 6.92 Å². The Labute approximate surface area is 141 Å². The average Bonchev–Trinajstić information content (AvgIpc) is 3.02. The monoisotopic (exact) mass is 344 g/mol. The van der Waals surface area contributed by atoms with Crippen molar-refractivity contribution >= 4 is 23.8 Å². The minimum Gasteiger partial charge on any atom is -0.337 e. The molecule has 0 saturated heterocycles. The molecule has 0 unspecified atom stereocenters. The largest absolute Gasteiger partial charge is 0.337 e. The third-order valence-electron chi connectivity index (χ3n) is 3.31. The van der Waals surface area contributed by atoms with Crippen LogP contribution in [0.25, 0.3) is 12.2 Å². The van der Waals surface area contributed by atoms with Crippen LogP contribution in [0.5, 0.6) is 0 Å². The zero-order chi connectivity index (χ0) is 17.1. The Kier molecular flexibility index (Phi) is 4.43. The molecule has 122 valence electrons. The van der Waals surface area contributed by atoms with Crippen molar-refractivity contribution in [2.45, 2.75) is 13.5 Å². The number of rotatable bonds is 4. The number of hydrogen-bond donors (Lipinski definition) is 1. The van der Waals surface area contributed by atoms with E-state index < -0.39 is 11.2 Å². The Balaban J connectivity index is 1.79. The molecule has 0 aliphatic rings. The molecule has 0 aliphatic heterocycles. The van der Waals surface area contributed by atoms with Gasteiger partial charge in [0.25, 0.3) is 5.56 Å². The molecular weight excluding hydrogens is 332 g/mol. The van der Waals surface area contributed by atoms with Crippen LogP contribution in [0.15, 0.2) is 44.6 Å². The first-order valence-electron chi connectivity index (χ1n) is 7.08. The van der Waals surface area contributed by atoms with Crippen LogP contribution < -0.4 is 11.2 Å². The van der Waals surface area contributed by atoms with Crippen LogP contribution in [-0.4, -0.2) is 19.7 Å². The zero-order valence-electron chi connectivity index (χ0n) is 12.7. The number of halogens is 1. The van der Waals surface area contributed by atoms with Crippen LogP contribution in [-0.2, 0) is 6.54 Å². The second-order valence-corrected chi connectivity index (χ2v) is 5.54. The van der Waals surface area contributed by atoms with E-state index in [-0.39, 0.29) is 12.4 Å². The second-order valence-electron chi connectivity index (χ2n) is 5.10. The quantitative estimate of drug-likeness (QED) is 0.782. The number of hydrogen-bond acceptors (Lipinski definition) is 5. The Bertz CT molecular complexity index is 999. The summed E-state index contributed by atoms with van der Waals surface area (Å²) in [6, 6.07) is 7.26. The smallest absolute Gasteiger partial charge is 0.328 e. The number of H-pyrrole nitrogens is 1. The third-order valence-corrected chi connectivity index (χ3v) is 3.56. The molecule has 3 rings (SSSR count). The van der Waals surface area contributed by atoms with E-state index in [1.165, 1.54) is 6.20 Å². The molecule has 8 heteroatoms. The highest BCUT2D eigenvalue weighted by molar-refractivity contribution is 6.30. The maximum absolute atomic E-state index is 12.0. The second kappa shape index (κ2) is 6.67. The summed E-state index contributed by atoms with van der Waals surface area (Å²) in [6.07, 6.45) is 4.84. The van der Waals surface area contributed by atoms with E-state index in [4.69, 9.17) is 16.1 Å². The SMILES string of the molecule is Cc1c[nH]c(=O)n(Cc2nc(/C=C/c3ccc(Cl)cc3)no2)c1=O. The summed E-state index contributed by atoms with van der Waals surface area (Å²) in [5.41, 5.74) is 0.436. The number of aromatic nitrogens is 4. The lowest BCUT2D eigenvalue weighted by atomic mass is 10.2. The highest BCUT2D eigenvalue weighted by atomic mass is 35.5. The number of nitrogens with zero attached hydrogens (tertiary/aromatic N) is 3. The lowest BCUT2D eigenvalue weighted by Crippen LogP contribution is -2.36. The first-order valence-corrected chi connectivity index (χ1v) is 7.46. The van der Waals surface area contributed by atoms with Gasteiger partial charge in [0.05, 0.1) is 0 Å². The van der Waals surface area contributed by atoms with Gasteiger partial charge in [-0.3, -0.25) is 9.36 Å². The summed E-state index contributed by atoms with van der Waals surface area (Å²) >= 11 is 5.83. The van der Waals surface area contributed by atoms with E-state index >= 15 is 0 Å². The summed E-state index contributed by atoms with van der Waals surface area (Å²) in [6.45, 7) is 1.53. The molecule has 2 aromatic heterocycles. The molecule has 3 aromatic rings. The number of aryl methyl sites for hydroxylation is 1. The van der Waals surface area contributed by atoms with Crippen molar-refractivity contribution < 1.29 is 4.52 Å².